The predicted molar refractivity (Wildman–Crippen MR) is 200 cm³/mol. The Morgan fingerprint density at radius 3 is 2.28 bits per heavy atom. The van der Waals surface area contributed by atoms with E-state index in [-0.39, 0.29) is 31.2 Å². The summed E-state index contributed by atoms with van der Waals surface area (Å²) in [5.74, 6) is 0.191. The average Bonchev–Trinajstić information content (AvgIpc) is 3.47. The van der Waals surface area contributed by atoms with Crippen LogP contribution in [0.3, 0.4) is 0 Å². The number of hydrogen-bond donors (Lipinski definition) is 0. The van der Waals surface area contributed by atoms with Crippen LogP contribution in [0, 0.1) is 11.2 Å². The maximum absolute atomic E-state index is 17.1. The number of anilines is 1. The highest BCUT2D eigenvalue weighted by Crippen LogP contribution is 2.57. The van der Waals surface area contributed by atoms with E-state index in [2.05, 4.69) is 44.3 Å². The van der Waals surface area contributed by atoms with Crippen LogP contribution in [0.15, 0.2) is 54.1 Å². The number of benzene rings is 1. The van der Waals surface area contributed by atoms with Crippen LogP contribution < -0.4 is 9.64 Å². The molecule has 3 heterocycles. The Hall–Kier alpha value is -3.20. The van der Waals surface area contributed by atoms with Gasteiger partial charge in [-0.05, 0) is 35.7 Å². The number of carbonyl (C=O) groups excluding carboxylic acids is 1. The normalized spacial score (nSPS) is 20.6. The number of fused-ring (bicyclic) bond motifs is 1. The smallest absolute Gasteiger partial charge is 0.162 e. The molecule has 0 fully saturated rings. The lowest BCUT2D eigenvalue weighted by Crippen LogP contribution is -2.52. The number of carbonyl (C=O) groups is 1. The van der Waals surface area contributed by atoms with Crippen molar-refractivity contribution in [2.24, 2.45) is 5.41 Å². The van der Waals surface area contributed by atoms with E-state index in [9.17, 15) is 4.79 Å². The van der Waals surface area contributed by atoms with Crippen LogP contribution in [-0.4, -0.2) is 69.9 Å². The summed E-state index contributed by atoms with van der Waals surface area (Å²) in [7, 11) is -1.24. The molecule has 50 heavy (non-hydrogen) atoms. The number of aromatic nitrogens is 3. The van der Waals surface area contributed by atoms with Gasteiger partial charge in [0.25, 0.3) is 0 Å². The van der Waals surface area contributed by atoms with E-state index in [1.165, 1.54) is 13.3 Å². The van der Waals surface area contributed by atoms with Crippen molar-refractivity contribution in [2.45, 2.75) is 103 Å². The lowest BCUT2D eigenvalue weighted by Gasteiger charge is -2.49. The predicted octanol–water partition coefficient (Wildman–Crippen LogP) is 8.82. The number of nitrogens with zero attached hydrogens (tertiary/aromatic N) is 4. The Morgan fingerprint density at radius 1 is 1.00 bits per heavy atom. The fraction of sp³-hybridized carbons (Fsp3) is 0.553. The van der Waals surface area contributed by atoms with Gasteiger partial charge in [0.1, 0.15) is 25.4 Å². The Morgan fingerprint density at radius 2 is 1.66 bits per heavy atom. The van der Waals surface area contributed by atoms with E-state index in [0.717, 1.165) is 29.4 Å². The Bertz CT molecular complexity index is 1750. The molecule has 5 rings (SSSR count). The summed E-state index contributed by atoms with van der Waals surface area (Å²) in [6, 6.07) is 9.44. The van der Waals surface area contributed by atoms with Gasteiger partial charge in [-0.3, -0.25) is 9.78 Å². The van der Waals surface area contributed by atoms with E-state index in [1.807, 2.05) is 37.4 Å². The highest BCUT2D eigenvalue weighted by Gasteiger charge is 2.56. The molecule has 1 aliphatic heterocycles. The number of halogens is 2. The fourth-order valence-electron chi connectivity index (χ4n) is 7.05. The first-order valence-electron chi connectivity index (χ1n) is 17.6. The molecule has 2 aromatic heterocycles. The van der Waals surface area contributed by atoms with Crippen LogP contribution >= 0.6 is 0 Å². The van der Waals surface area contributed by atoms with Gasteiger partial charge in [-0.15, -0.1) is 0 Å². The van der Waals surface area contributed by atoms with Crippen LogP contribution in [0.4, 0.5) is 14.6 Å². The van der Waals surface area contributed by atoms with Gasteiger partial charge in [-0.2, -0.15) is 5.10 Å². The summed E-state index contributed by atoms with van der Waals surface area (Å²) in [5, 5.41) is 5.04. The van der Waals surface area contributed by atoms with Crippen molar-refractivity contribution in [1.82, 2.24) is 14.8 Å². The van der Waals surface area contributed by atoms with Crippen molar-refractivity contribution >= 4 is 27.7 Å². The maximum atomic E-state index is 17.1. The Labute approximate surface area is 298 Å². The number of methoxy groups -OCH3 is 1. The molecule has 0 amide bonds. The minimum Gasteiger partial charge on any atom is -0.494 e. The lowest BCUT2D eigenvalue weighted by molar-refractivity contribution is -0.120. The van der Waals surface area contributed by atoms with Crippen LogP contribution in [0.1, 0.15) is 44.7 Å². The summed E-state index contributed by atoms with van der Waals surface area (Å²) in [6.45, 7) is 20.8. The van der Waals surface area contributed by atoms with Gasteiger partial charge in [0.15, 0.2) is 17.4 Å². The molecule has 8 nitrogen and oxygen atoms in total. The van der Waals surface area contributed by atoms with Crippen LogP contribution in [0.5, 0.6) is 5.75 Å². The first kappa shape index (κ1) is 38.0. The number of ketones is 1. The standard InChI is InChI=1S/C38H54F2N4O4Si2/c1-11-38(27-14-12-13-26(19-27)32-29(39)21-41-22-31(32)46-4)28-23-43(24-47-15-17-49(5,6)7)42-36(28)44(25-48-16-18-50(8,9)10)34-33(38)30(45)20-37(2,3)35(34)40/h12-14,19,21-23,35H,11,15-18,20,24-25H2,1-10H3. The molecule has 1 aromatic carbocycles. The third kappa shape index (κ3) is 7.54. The van der Waals surface area contributed by atoms with Crippen molar-refractivity contribution in [3.63, 3.8) is 0 Å². The summed E-state index contributed by atoms with van der Waals surface area (Å²) >= 11 is 0. The number of allylic oxidation sites excluding steroid dienone is 2. The second kappa shape index (κ2) is 14.4. The second-order valence-corrected chi connectivity index (χ2v) is 28.0. The zero-order valence-corrected chi connectivity index (χ0v) is 33.5. The molecule has 0 saturated heterocycles. The van der Waals surface area contributed by atoms with Crippen molar-refractivity contribution in [2.75, 3.05) is 32.0 Å². The molecule has 0 saturated carbocycles. The summed E-state index contributed by atoms with van der Waals surface area (Å²) in [6.07, 6.45) is 3.60. The van der Waals surface area contributed by atoms with Gasteiger partial charge in [0, 0.05) is 58.5 Å². The van der Waals surface area contributed by atoms with Crippen LogP contribution in [-0.2, 0) is 26.4 Å². The van der Waals surface area contributed by atoms with Gasteiger partial charge in [0.05, 0.1) is 36.2 Å². The van der Waals surface area contributed by atoms with Crippen molar-refractivity contribution < 1.29 is 27.8 Å². The molecule has 2 atom stereocenters. The van der Waals surface area contributed by atoms with Crippen LogP contribution in [0.2, 0.25) is 51.4 Å². The van der Waals surface area contributed by atoms with Gasteiger partial charge < -0.3 is 19.1 Å². The van der Waals surface area contributed by atoms with E-state index in [4.69, 9.17) is 19.3 Å². The van der Waals surface area contributed by atoms with Gasteiger partial charge >= 0.3 is 0 Å². The molecule has 0 bridgehead atoms. The minimum atomic E-state index is -1.46. The van der Waals surface area contributed by atoms with Crippen molar-refractivity contribution in [3.8, 4) is 16.9 Å². The zero-order chi connectivity index (χ0) is 36.6. The molecule has 0 spiro atoms. The molecule has 2 aliphatic rings. The maximum Gasteiger partial charge on any atom is 0.162 e. The number of Topliss-reactive ketones (excluding diaryl/α,β-unsaturated/α-hetero) is 1. The lowest BCUT2D eigenvalue weighted by atomic mass is 9.59. The Balaban J connectivity index is 1.72. The van der Waals surface area contributed by atoms with Crippen molar-refractivity contribution in [1.29, 1.82) is 0 Å². The highest BCUT2D eigenvalue weighted by atomic mass is 28.3. The monoisotopic (exact) mass is 724 g/mol. The fourth-order valence-corrected chi connectivity index (χ4v) is 8.56. The highest BCUT2D eigenvalue weighted by molar-refractivity contribution is 6.76. The average molecular weight is 725 g/mol. The zero-order valence-electron chi connectivity index (χ0n) is 31.5. The second-order valence-electron chi connectivity index (χ2n) is 16.8. The van der Waals surface area contributed by atoms with E-state index in [0.29, 0.717) is 48.0 Å². The quantitative estimate of drug-likeness (QED) is 0.122. The summed E-state index contributed by atoms with van der Waals surface area (Å²) < 4.78 is 52.2. The molecule has 0 radical (unpaired) electrons. The van der Waals surface area contributed by atoms with E-state index < -0.39 is 39.0 Å². The molecular formula is C38H54F2N4O4Si2. The van der Waals surface area contributed by atoms with Crippen molar-refractivity contribution in [3.05, 3.63) is 71.1 Å². The van der Waals surface area contributed by atoms with Gasteiger partial charge in [0.2, 0.25) is 0 Å². The first-order valence-corrected chi connectivity index (χ1v) is 25.1. The molecule has 2 unspecified atom stereocenters. The SMILES string of the molecule is CCC1(c2cccc(-c3c(F)cncc3OC)c2)C2=C(C(F)C(C)(C)CC2=O)N(COCC[Si](C)(C)C)c2nn(COCC[Si](C)(C)C)cc21. The minimum absolute atomic E-state index is 0.0504. The van der Waals surface area contributed by atoms with Gasteiger partial charge in [-0.1, -0.05) is 78.3 Å². The summed E-state index contributed by atoms with van der Waals surface area (Å²) in [5.41, 5.74) is 1.02. The molecule has 12 heteroatoms. The van der Waals surface area contributed by atoms with E-state index in [1.54, 1.807) is 23.4 Å². The molecule has 1 aliphatic carbocycles. The molecular weight excluding hydrogens is 671 g/mol. The first-order chi connectivity index (χ1) is 23.4. The topological polar surface area (TPSA) is 78.7 Å². The molecule has 272 valence electrons. The van der Waals surface area contributed by atoms with Crippen LogP contribution in [0.25, 0.3) is 11.1 Å². The number of hydrogen-bond acceptors (Lipinski definition) is 7. The molecule has 3 aromatic rings. The largest absolute Gasteiger partial charge is 0.494 e. The number of rotatable bonds is 14. The molecule has 0 N–H and O–H groups in total. The number of ether oxygens (including phenoxy) is 3. The van der Waals surface area contributed by atoms with Gasteiger partial charge in [-0.25, -0.2) is 13.5 Å². The third-order valence-corrected chi connectivity index (χ3v) is 13.4. The number of pyridine rings is 1. The third-order valence-electron chi connectivity index (χ3n) is 9.95. The van der Waals surface area contributed by atoms with E-state index >= 15 is 8.78 Å². The summed E-state index contributed by atoms with van der Waals surface area (Å²) in [4.78, 5) is 20.3. The Kier molecular flexibility index (Phi) is 11.0. The number of alkyl halides is 1.